The minimum absolute atomic E-state index is 0.0997. The van der Waals surface area contributed by atoms with Gasteiger partial charge in [-0.25, -0.2) is 0 Å². The molecule has 0 aliphatic heterocycles. The molecular weight excluding hydrogens is 336 g/mol. The summed E-state index contributed by atoms with van der Waals surface area (Å²) in [5.74, 6) is 0. The topological polar surface area (TPSA) is 0 Å². The van der Waals surface area contributed by atoms with Crippen LogP contribution in [0, 0.1) is 10.8 Å². The van der Waals surface area contributed by atoms with Gasteiger partial charge in [-0.2, -0.15) is 0 Å². The van der Waals surface area contributed by atoms with Crippen LogP contribution >= 0.6 is 10.5 Å². The highest BCUT2D eigenvalue weighted by molar-refractivity contribution is 7.48. The second-order valence-corrected chi connectivity index (χ2v) is 15.2. The molecule has 0 unspecified atom stereocenters. The summed E-state index contributed by atoms with van der Waals surface area (Å²) in [6.07, 6.45) is 0. The maximum absolute atomic E-state index is 3.96. The molecule has 0 saturated heterocycles. The standard InChI is InChI=1S/C23H29SSi/c1-17(2)25(18(3)4,19(5)6)16-15-24-22-13-9-7-11-20(22)21-12-8-10-14-23(21)24/h7-14,17-19H,1-6H3/q+1. The van der Waals surface area contributed by atoms with Crippen LogP contribution in [0.2, 0.25) is 16.6 Å². The van der Waals surface area contributed by atoms with E-state index in [1.807, 2.05) is 0 Å². The van der Waals surface area contributed by atoms with E-state index in [1.54, 1.807) is 0 Å². The van der Waals surface area contributed by atoms with Crippen molar-refractivity contribution < 1.29 is 0 Å². The van der Waals surface area contributed by atoms with Gasteiger partial charge in [-0.05, 0) is 40.9 Å². The molecule has 0 N–H and O–H groups in total. The molecule has 2 aromatic carbocycles. The van der Waals surface area contributed by atoms with Gasteiger partial charge in [-0.1, -0.05) is 71.4 Å². The molecule has 0 nitrogen and oxygen atoms in total. The van der Waals surface area contributed by atoms with Gasteiger partial charge in [0.1, 0.15) is 0 Å². The van der Waals surface area contributed by atoms with E-state index >= 15 is 0 Å². The average molecular weight is 366 g/mol. The second kappa shape index (κ2) is 6.98. The average Bonchev–Trinajstić information content (AvgIpc) is 2.89. The molecule has 130 valence electrons. The Morgan fingerprint density at radius 1 is 0.680 bits per heavy atom. The second-order valence-electron chi connectivity index (χ2n) is 7.92. The predicted octanol–water partition coefficient (Wildman–Crippen LogP) is 7.77. The van der Waals surface area contributed by atoms with Gasteiger partial charge in [0.25, 0.3) is 0 Å². The van der Waals surface area contributed by atoms with Crippen LogP contribution in [0.3, 0.4) is 0 Å². The molecular formula is C23H29SSi+. The van der Waals surface area contributed by atoms with Crippen molar-refractivity contribution in [3.05, 3.63) is 48.5 Å². The van der Waals surface area contributed by atoms with E-state index in [9.17, 15) is 0 Å². The van der Waals surface area contributed by atoms with E-state index in [2.05, 4.69) is 101 Å². The van der Waals surface area contributed by atoms with Crippen molar-refractivity contribution in [1.29, 1.82) is 0 Å². The molecule has 1 aromatic heterocycles. The van der Waals surface area contributed by atoms with E-state index in [0.29, 0.717) is 16.6 Å². The highest BCUT2D eigenvalue weighted by Gasteiger charge is 2.42. The molecule has 0 fully saturated rings. The fraction of sp³-hybridized carbons (Fsp3) is 0.391. The Morgan fingerprint density at radius 3 is 1.48 bits per heavy atom. The lowest BCUT2D eigenvalue weighted by Gasteiger charge is -2.37. The van der Waals surface area contributed by atoms with Crippen LogP contribution < -0.4 is 0 Å². The van der Waals surface area contributed by atoms with Crippen LogP contribution in [0.4, 0.5) is 0 Å². The summed E-state index contributed by atoms with van der Waals surface area (Å²) in [7, 11) is -1.79. The highest BCUT2D eigenvalue weighted by Crippen LogP contribution is 2.44. The fourth-order valence-electron chi connectivity index (χ4n) is 4.54. The number of hydrogen-bond donors (Lipinski definition) is 0. The summed E-state index contributed by atoms with van der Waals surface area (Å²) in [5, 5.41) is 6.57. The molecule has 1 heterocycles. The molecule has 0 amide bonds. The lowest BCUT2D eigenvalue weighted by Crippen LogP contribution is -2.43. The van der Waals surface area contributed by atoms with Gasteiger partial charge in [0.2, 0.25) is 0 Å². The number of hydrogen-bond acceptors (Lipinski definition) is 0. The molecule has 25 heavy (non-hydrogen) atoms. The molecule has 0 spiro atoms. The van der Waals surface area contributed by atoms with Crippen LogP contribution in [0.1, 0.15) is 41.5 Å². The Hall–Kier alpha value is -1.56. The van der Waals surface area contributed by atoms with Crippen molar-refractivity contribution in [2.24, 2.45) is 0 Å². The minimum Gasteiger partial charge on any atom is -0.0693 e. The lowest BCUT2D eigenvalue weighted by atomic mass is 10.2. The quantitative estimate of drug-likeness (QED) is 0.252. The Labute approximate surface area is 156 Å². The van der Waals surface area contributed by atoms with Gasteiger partial charge in [0.05, 0.1) is 10.5 Å². The predicted molar refractivity (Wildman–Crippen MR) is 118 cm³/mol. The molecule has 0 bridgehead atoms. The van der Waals surface area contributed by atoms with Crippen LogP contribution in [0.5, 0.6) is 0 Å². The van der Waals surface area contributed by atoms with E-state index in [4.69, 9.17) is 0 Å². The first-order chi connectivity index (χ1) is 11.9. The zero-order valence-corrected chi connectivity index (χ0v) is 18.1. The number of benzene rings is 2. The van der Waals surface area contributed by atoms with Crippen molar-refractivity contribution in [2.45, 2.75) is 58.2 Å². The zero-order chi connectivity index (χ0) is 18.2. The molecule has 0 aliphatic carbocycles. The fourth-order valence-corrected chi connectivity index (χ4v) is 12.2. The highest BCUT2D eigenvalue weighted by atomic mass is 32.2. The summed E-state index contributed by atoms with van der Waals surface area (Å²) in [6, 6.07) is 17.7. The third-order valence-corrected chi connectivity index (χ3v) is 14.1. The summed E-state index contributed by atoms with van der Waals surface area (Å²) in [6.45, 7) is 14.3. The Morgan fingerprint density at radius 2 is 1.08 bits per heavy atom. The normalized spacial score (nSPS) is 12.4. The summed E-state index contributed by atoms with van der Waals surface area (Å²) >= 11 is 0. The summed E-state index contributed by atoms with van der Waals surface area (Å²) in [4.78, 5) is 0. The minimum atomic E-state index is -1.69. The number of fused-ring (bicyclic) bond motifs is 3. The van der Waals surface area contributed by atoms with Gasteiger partial charge in [-0.15, -0.1) is 0 Å². The molecule has 3 rings (SSSR count). The van der Waals surface area contributed by atoms with Crippen molar-refractivity contribution in [3.8, 4) is 10.8 Å². The van der Waals surface area contributed by atoms with E-state index in [-0.39, 0.29) is 10.5 Å². The van der Waals surface area contributed by atoms with Crippen LogP contribution in [-0.4, -0.2) is 8.07 Å². The van der Waals surface area contributed by atoms with Crippen molar-refractivity contribution >= 4 is 38.7 Å². The third-order valence-electron chi connectivity index (χ3n) is 5.74. The molecule has 0 saturated carbocycles. The van der Waals surface area contributed by atoms with Crippen LogP contribution in [0.25, 0.3) is 20.2 Å². The molecule has 0 atom stereocenters. The first-order valence-corrected chi connectivity index (χ1v) is 12.8. The largest absolute Gasteiger partial charge is 0.197 e. The van der Waals surface area contributed by atoms with Crippen LogP contribution in [-0.2, 0) is 0 Å². The van der Waals surface area contributed by atoms with Gasteiger partial charge >= 0.3 is 0 Å². The van der Waals surface area contributed by atoms with Gasteiger partial charge in [-0.3, -0.25) is 0 Å². The monoisotopic (exact) mass is 365 g/mol. The van der Waals surface area contributed by atoms with E-state index in [1.165, 1.54) is 20.2 Å². The zero-order valence-electron chi connectivity index (χ0n) is 16.3. The Balaban J connectivity index is 2.29. The third kappa shape index (κ3) is 2.94. The first kappa shape index (κ1) is 18.2. The van der Waals surface area contributed by atoms with Crippen LogP contribution in [0.15, 0.2) is 48.5 Å². The lowest BCUT2D eigenvalue weighted by molar-refractivity contribution is 0.838. The van der Waals surface area contributed by atoms with Crippen molar-refractivity contribution in [1.82, 2.24) is 0 Å². The van der Waals surface area contributed by atoms with Gasteiger partial charge < -0.3 is 0 Å². The van der Waals surface area contributed by atoms with Crippen molar-refractivity contribution in [3.63, 3.8) is 0 Å². The maximum atomic E-state index is 3.96. The molecule has 0 radical (unpaired) electrons. The first-order valence-electron chi connectivity index (χ1n) is 9.35. The van der Waals surface area contributed by atoms with Gasteiger partial charge in [0, 0.05) is 10.8 Å². The smallest absolute Gasteiger partial charge is 0.0693 e. The van der Waals surface area contributed by atoms with Gasteiger partial charge in [0.15, 0.2) is 22.7 Å². The molecule has 3 aromatic rings. The number of rotatable bonds is 3. The Kier molecular flexibility index (Phi) is 5.09. The summed E-state index contributed by atoms with van der Waals surface area (Å²) in [5.41, 5.74) is 5.99. The van der Waals surface area contributed by atoms with Crippen molar-refractivity contribution in [2.75, 3.05) is 0 Å². The maximum Gasteiger partial charge on any atom is 0.197 e. The Bertz CT molecular complexity index is 875. The molecule has 0 aliphatic rings. The van der Waals surface area contributed by atoms with E-state index < -0.39 is 8.07 Å². The number of thiophene rings is 1. The summed E-state index contributed by atoms with van der Waals surface area (Å²) < 4.78 is 2.82. The SMILES string of the molecule is CC(C)[Si](C#C[s+]1c2ccccc2c2ccccc21)(C(C)C)C(C)C. The molecule has 2 heteroatoms. The van der Waals surface area contributed by atoms with E-state index in [0.717, 1.165) is 0 Å².